The summed E-state index contributed by atoms with van der Waals surface area (Å²) in [4.78, 5) is 15.5. The minimum atomic E-state index is -0.147. The van der Waals surface area contributed by atoms with Gasteiger partial charge in [0.25, 0.3) is 0 Å². The van der Waals surface area contributed by atoms with Gasteiger partial charge >= 0.3 is 0 Å². The summed E-state index contributed by atoms with van der Waals surface area (Å²) in [5, 5.41) is 5.02. The van der Waals surface area contributed by atoms with Crippen LogP contribution in [0.5, 0.6) is 0 Å². The molecule has 0 saturated heterocycles. The molecule has 2 rings (SSSR count). The second kappa shape index (κ2) is 8.11. The van der Waals surface area contributed by atoms with Gasteiger partial charge in [0.15, 0.2) is 0 Å². The first-order valence-corrected chi connectivity index (χ1v) is 8.56. The van der Waals surface area contributed by atoms with E-state index in [4.69, 9.17) is 0 Å². The van der Waals surface area contributed by atoms with Crippen molar-refractivity contribution in [3.8, 4) is 0 Å². The molecule has 1 heterocycles. The van der Waals surface area contributed by atoms with Gasteiger partial charge in [-0.1, -0.05) is 37.3 Å². The highest BCUT2D eigenvalue weighted by atomic mass is 32.1. The van der Waals surface area contributed by atoms with Crippen molar-refractivity contribution >= 4 is 17.2 Å². The van der Waals surface area contributed by atoms with Gasteiger partial charge in [0.1, 0.15) is 0 Å². The summed E-state index contributed by atoms with van der Waals surface area (Å²) in [6, 6.07) is 12.5. The maximum Gasteiger partial charge on any atom is 0.237 e. The molecule has 0 aliphatic rings. The maximum atomic E-state index is 12.2. The molecule has 2 aromatic rings. The fourth-order valence-electron chi connectivity index (χ4n) is 2.24. The number of thiophene rings is 1. The van der Waals surface area contributed by atoms with Crippen LogP contribution in [0.1, 0.15) is 29.9 Å². The molecule has 0 spiro atoms. The topological polar surface area (TPSA) is 32.3 Å². The van der Waals surface area contributed by atoms with Crippen molar-refractivity contribution in [3.63, 3.8) is 0 Å². The Bertz CT molecular complexity index is 578. The highest BCUT2D eigenvalue weighted by Gasteiger charge is 2.17. The number of carbonyl (C=O) groups is 1. The van der Waals surface area contributed by atoms with E-state index in [2.05, 4.69) is 41.4 Å². The summed E-state index contributed by atoms with van der Waals surface area (Å²) in [6.07, 6.45) is 1.05. The third-order valence-corrected chi connectivity index (χ3v) is 4.80. The molecular formula is C18H24N2OS. The molecule has 22 heavy (non-hydrogen) atoms. The van der Waals surface area contributed by atoms with Crippen LogP contribution in [-0.2, 0) is 24.3 Å². The zero-order valence-electron chi connectivity index (χ0n) is 13.5. The van der Waals surface area contributed by atoms with Gasteiger partial charge in [-0.05, 0) is 43.0 Å². The van der Waals surface area contributed by atoms with E-state index in [9.17, 15) is 4.79 Å². The number of nitrogens with zero attached hydrogens (tertiary/aromatic N) is 1. The van der Waals surface area contributed by atoms with E-state index in [1.165, 1.54) is 16.0 Å². The van der Waals surface area contributed by atoms with Crippen LogP contribution < -0.4 is 5.32 Å². The lowest BCUT2D eigenvalue weighted by molar-refractivity contribution is -0.125. The number of nitrogens with one attached hydrogen (secondary N) is 1. The van der Waals surface area contributed by atoms with Gasteiger partial charge in [-0.25, -0.2) is 0 Å². The monoisotopic (exact) mass is 316 g/mol. The number of hydrogen-bond acceptors (Lipinski definition) is 3. The molecule has 0 radical (unpaired) electrons. The molecule has 0 aliphatic heterocycles. The van der Waals surface area contributed by atoms with Gasteiger partial charge in [0, 0.05) is 11.4 Å². The van der Waals surface area contributed by atoms with Crippen molar-refractivity contribution in [2.75, 3.05) is 7.05 Å². The van der Waals surface area contributed by atoms with Crippen LogP contribution in [0.2, 0.25) is 0 Å². The molecule has 1 aromatic carbocycles. The smallest absolute Gasteiger partial charge is 0.237 e. The summed E-state index contributed by atoms with van der Waals surface area (Å²) >= 11 is 1.66. The van der Waals surface area contributed by atoms with Gasteiger partial charge in [0.05, 0.1) is 12.6 Å². The van der Waals surface area contributed by atoms with Gasteiger partial charge in [0.2, 0.25) is 5.91 Å². The maximum absolute atomic E-state index is 12.2. The molecule has 1 amide bonds. The van der Waals surface area contributed by atoms with Crippen LogP contribution in [0.15, 0.2) is 41.8 Å². The van der Waals surface area contributed by atoms with Crippen molar-refractivity contribution in [3.05, 3.63) is 57.8 Å². The van der Waals surface area contributed by atoms with E-state index in [0.717, 1.165) is 13.0 Å². The third kappa shape index (κ3) is 4.68. The van der Waals surface area contributed by atoms with E-state index in [1.54, 1.807) is 11.3 Å². The summed E-state index contributed by atoms with van der Waals surface area (Å²) < 4.78 is 0. The predicted octanol–water partition coefficient (Wildman–Crippen LogP) is 3.45. The van der Waals surface area contributed by atoms with Gasteiger partial charge in [-0.2, -0.15) is 0 Å². The van der Waals surface area contributed by atoms with Crippen molar-refractivity contribution in [1.82, 2.24) is 10.2 Å². The zero-order valence-corrected chi connectivity index (χ0v) is 14.3. The van der Waals surface area contributed by atoms with Gasteiger partial charge in [-0.15, -0.1) is 11.3 Å². The molecule has 1 atom stereocenters. The summed E-state index contributed by atoms with van der Waals surface area (Å²) in [6.45, 7) is 5.49. The molecule has 0 bridgehead atoms. The predicted molar refractivity (Wildman–Crippen MR) is 92.9 cm³/mol. The molecule has 0 aliphatic carbocycles. The fraction of sp³-hybridized carbons (Fsp3) is 0.389. The molecule has 4 heteroatoms. The van der Waals surface area contributed by atoms with Crippen molar-refractivity contribution < 1.29 is 4.79 Å². The first-order valence-electron chi connectivity index (χ1n) is 7.68. The van der Waals surface area contributed by atoms with E-state index in [-0.39, 0.29) is 11.9 Å². The Hall–Kier alpha value is -1.65. The minimum absolute atomic E-state index is 0.0704. The van der Waals surface area contributed by atoms with E-state index in [1.807, 2.05) is 31.5 Å². The lowest BCUT2D eigenvalue weighted by atomic mass is 10.1. The summed E-state index contributed by atoms with van der Waals surface area (Å²) in [5.41, 5.74) is 2.57. The van der Waals surface area contributed by atoms with E-state index in [0.29, 0.717) is 6.54 Å². The lowest BCUT2D eigenvalue weighted by Crippen LogP contribution is -2.42. The second-order valence-electron chi connectivity index (χ2n) is 5.56. The highest BCUT2D eigenvalue weighted by molar-refractivity contribution is 7.09. The summed E-state index contributed by atoms with van der Waals surface area (Å²) in [7, 11) is 1.99. The largest absolute Gasteiger partial charge is 0.350 e. The molecule has 0 fully saturated rings. The molecule has 3 nitrogen and oxygen atoms in total. The number of rotatable bonds is 7. The van der Waals surface area contributed by atoms with Gasteiger partial charge in [-0.3, -0.25) is 9.69 Å². The van der Waals surface area contributed by atoms with Crippen LogP contribution in [0, 0.1) is 0 Å². The number of hydrogen-bond donors (Lipinski definition) is 1. The van der Waals surface area contributed by atoms with Gasteiger partial charge < -0.3 is 5.32 Å². The van der Waals surface area contributed by atoms with Crippen LogP contribution in [0.3, 0.4) is 0 Å². The molecule has 0 saturated carbocycles. The SMILES string of the molecule is CCc1ccc(CN(C)C(C)C(=O)NCc2cccs2)cc1. The third-order valence-electron chi connectivity index (χ3n) is 3.92. The Morgan fingerprint density at radius 1 is 1.23 bits per heavy atom. The first-order chi connectivity index (χ1) is 10.6. The highest BCUT2D eigenvalue weighted by Crippen LogP contribution is 2.10. The Balaban J connectivity index is 1.84. The lowest BCUT2D eigenvalue weighted by Gasteiger charge is -2.24. The number of benzene rings is 1. The van der Waals surface area contributed by atoms with Crippen LogP contribution in [-0.4, -0.2) is 23.9 Å². The number of likely N-dealkylation sites (N-methyl/N-ethyl adjacent to an activating group) is 1. The Morgan fingerprint density at radius 3 is 2.50 bits per heavy atom. The second-order valence-corrected chi connectivity index (χ2v) is 6.59. The van der Waals surface area contributed by atoms with E-state index >= 15 is 0 Å². The normalized spacial score (nSPS) is 12.4. The van der Waals surface area contributed by atoms with Crippen molar-refractivity contribution in [1.29, 1.82) is 0 Å². The van der Waals surface area contributed by atoms with Crippen LogP contribution in [0.4, 0.5) is 0 Å². The molecular weight excluding hydrogens is 292 g/mol. The number of aryl methyl sites for hydroxylation is 1. The average molecular weight is 316 g/mol. The van der Waals surface area contributed by atoms with Crippen LogP contribution in [0.25, 0.3) is 0 Å². The number of carbonyl (C=O) groups excluding carboxylic acids is 1. The zero-order chi connectivity index (χ0) is 15.9. The van der Waals surface area contributed by atoms with Crippen molar-refractivity contribution in [2.24, 2.45) is 0 Å². The average Bonchev–Trinajstić information content (AvgIpc) is 3.06. The minimum Gasteiger partial charge on any atom is -0.350 e. The standard InChI is InChI=1S/C18H24N2OS/c1-4-15-7-9-16(10-8-15)13-20(3)14(2)18(21)19-12-17-6-5-11-22-17/h5-11,14H,4,12-13H2,1-3H3,(H,19,21). The van der Waals surface area contributed by atoms with E-state index < -0.39 is 0 Å². The fourth-order valence-corrected chi connectivity index (χ4v) is 2.89. The first kappa shape index (κ1) is 16.7. The molecule has 1 aromatic heterocycles. The van der Waals surface area contributed by atoms with Crippen molar-refractivity contribution in [2.45, 2.75) is 39.4 Å². The summed E-state index contributed by atoms with van der Waals surface area (Å²) in [5.74, 6) is 0.0704. The quantitative estimate of drug-likeness (QED) is 0.848. The Labute approximate surface area is 137 Å². The number of amides is 1. The molecule has 1 N–H and O–H groups in total. The van der Waals surface area contributed by atoms with Crippen LogP contribution >= 0.6 is 11.3 Å². The molecule has 118 valence electrons. The Morgan fingerprint density at radius 2 is 1.91 bits per heavy atom. The Kier molecular flexibility index (Phi) is 6.16. The molecule has 1 unspecified atom stereocenters.